The summed E-state index contributed by atoms with van der Waals surface area (Å²) < 4.78 is 12.7. The lowest BCUT2D eigenvalue weighted by Crippen LogP contribution is -2.45. The van der Waals surface area contributed by atoms with Crippen LogP contribution in [0.1, 0.15) is 48.1 Å². The van der Waals surface area contributed by atoms with Gasteiger partial charge in [-0.3, -0.25) is 4.79 Å². The van der Waals surface area contributed by atoms with E-state index in [9.17, 15) is 9.18 Å². The highest BCUT2D eigenvalue weighted by Crippen LogP contribution is 2.21. The fourth-order valence-corrected chi connectivity index (χ4v) is 2.41. The molecule has 0 unspecified atom stereocenters. The average Bonchev–Trinajstić information content (AvgIpc) is 2.58. The first kappa shape index (κ1) is 15.1. The Kier molecular flexibility index (Phi) is 4.85. The van der Waals surface area contributed by atoms with Gasteiger partial charge in [-0.25, -0.2) is 9.37 Å². The summed E-state index contributed by atoms with van der Waals surface area (Å²) in [6.07, 6.45) is 0.767. The van der Waals surface area contributed by atoms with E-state index in [1.54, 1.807) is 13.8 Å². The van der Waals surface area contributed by atoms with E-state index in [1.165, 1.54) is 11.3 Å². The monoisotopic (exact) mass is 272 g/mol. The summed E-state index contributed by atoms with van der Waals surface area (Å²) in [7, 11) is 0. The summed E-state index contributed by atoms with van der Waals surface area (Å²) in [6, 6.07) is 0. The molecule has 0 aliphatic carbocycles. The number of rotatable bonds is 5. The normalized spacial score (nSPS) is 11.9. The molecule has 1 aromatic heterocycles. The molecule has 1 amide bonds. The van der Waals surface area contributed by atoms with E-state index in [4.69, 9.17) is 0 Å². The summed E-state index contributed by atoms with van der Waals surface area (Å²) in [5.41, 5.74) is -0.0102. The summed E-state index contributed by atoms with van der Waals surface area (Å²) in [4.78, 5) is 17.1. The first-order chi connectivity index (χ1) is 8.25. The molecule has 0 aliphatic heterocycles. The molecule has 1 rings (SSSR count). The number of hydrogen-bond acceptors (Lipinski definition) is 3. The van der Waals surface area contributed by atoms with Gasteiger partial charge >= 0.3 is 0 Å². The molecular weight excluding hydrogens is 251 g/mol. The number of hydrogen-bond donors (Lipinski definition) is 1. The van der Waals surface area contributed by atoms with Gasteiger partial charge in [-0.1, -0.05) is 13.8 Å². The molecule has 1 aromatic rings. The number of aryl methyl sites for hydroxylation is 1. The first-order valence-electron chi connectivity index (χ1n) is 6.10. The second kappa shape index (κ2) is 5.78. The number of carbonyl (C=O) groups is 1. The quantitative estimate of drug-likeness (QED) is 0.894. The highest BCUT2D eigenvalue weighted by Gasteiger charge is 2.24. The van der Waals surface area contributed by atoms with Crippen molar-refractivity contribution in [2.45, 2.75) is 46.6 Å². The number of aromatic nitrogens is 1. The van der Waals surface area contributed by atoms with Crippen molar-refractivity contribution < 1.29 is 9.18 Å². The van der Waals surface area contributed by atoms with Crippen LogP contribution in [-0.2, 0) is 6.42 Å². The zero-order valence-corrected chi connectivity index (χ0v) is 12.4. The fraction of sp³-hybridized carbons (Fsp3) is 0.692. The smallest absolute Gasteiger partial charge is 0.263 e. The van der Waals surface area contributed by atoms with E-state index in [2.05, 4.69) is 24.1 Å². The Balaban J connectivity index is 2.91. The van der Waals surface area contributed by atoms with Crippen LogP contribution in [0, 0.1) is 12.8 Å². The summed E-state index contributed by atoms with van der Waals surface area (Å²) in [6.45, 7) is 8.80. The van der Waals surface area contributed by atoms with Crippen LogP contribution in [0.25, 0.3) is 0 Å². The molecule has 0 bridgehead atoms. The number of amides is 1. The minimum atomic E-state index is -0.829. The van der Waals surface area contributed by atoms with Gasteiger partial charge in [0.05, 0.1) is 16.2 Å². The lowest BCUT2D eigenvalue weighted by atomic mass is 10.1. The van der Waals surface area contributed by atoms with Crippen LogP contribution in [0.15, 0.2) is 0 Å². The number of halogens is 1. The SMILES string of the molecule is Cc1nc(CC(C)C)c(C(=O)NC(C)(C)CF)s1. The van der Waals surface area contributed by atoms with Gasteiger partial charge in [0.25, 0.3) is 5.91 Å². The predicted molar refractivity (Wildman–Crippen MR) is 72.9 cm³/mol. The van der Waals surface area contributed by atoms with Gasteiger partial charge in [-0.05, 0) is 33.1 Å². The molecule has 3 nitrogen and oxygen atoms in total. The highest BCUT2D eigenvalue weighted by atomic mass is 32.1. The minimum absolute atomic E-state index is 0.223. The zero-order chi connectivity index (χ0) is 13.9. The molecule has 0 atom stereocenters. The van der Waals surface area contributed by atoms with Gasteiger partial charge in [0.1, 0.15) is 11.6 Å². The van der Waals surface area contributed by atoms with Gasteiger partial charge in [-0.15, -0.1) is 11.3 Å². The molecule has 5 heteroatoms. The molecular formula is C13H21FN2OS. The maximum absolute atomic E-state index is 12.7. The van der Waals surface area contributed by atoms with Crippen LogP contribution in [0.4, 0.5) is 4.39 Å². The van der Waals surface area contributed by atoms with Crippen LogP contribution < -0.4 is 5.32 Å². The average molecular weight is 272 g/mol. The van der Waals surface area contributed by atoms with E-state index < -0.39 is 12.2 Å². The van der Waals surface area contributed by atoms with E-state index in [0.717, 1.165) is 17.1 Å². The molecule has 0 radical (unpaired) electrons. The van der Waals surface area contributed by atoms with Gasteiger partial charge in [0.2, 0.25) is 0 Å². The third-order valence-electron chi connectivity index (χ3n) is 2.40. The number of thiazole rings is 1. The third-order valence-corrected chi connectivity index (χ3v) is 3.41. The molecule has 102 valence electrons. The van der Waals surface area contributed by atoms with Crippen molar-refractivity contribution in [1.29, 1.82) is 0 Å². The Morgan fingerprint density at radius 2 is 2.11 bits per heavy atom. The van der Waals surface area contributed by atoms with Gasteiger partial charge < -0.3 is 5.32 Å². The molecule has 1 N–H and O–H groups in total. The Labute approximate surface area is 112 Å². The molecule has 0 spiro atoms. The van der Waals surface area contributed by atoms with Crippen molar-refractivity contribution in [3.63, 3.8) is 0 Å². The van der Waals surface area contributed by atoms with Crippen LogP contribution in [0.2, 0.25) is 0 Å². The molecule has 0 saturated carbocycles. The highest BCUT2D eigenvalue weighted by molar-refractivity contribution is 7.13. The topological polar surface area (TPSA) is 42.0 Å². The Bertz CT molecular complexity index is 427. The molecule has 0 aromatic carbocycles. The molecule has 1 heterocycles. The lowest BCUT2D eigenvalue weighted by Gasteiger charge is -2.22. The second-order valence-electron chi connectivity index (χ2n) is 5.58. The summed E-state index contributed by atoms with van der Waals surface area (Å²) >= 11 is 1.37. The third kappa shape index (κ3) is 4.05. The van der Waals surface area contributed by atoms with Crippen molar-refractivity contribution in [2.24, 2.45) is 5.92 Å². The van der Waals surface area contributed by atoms with Gasteiger partial charge in [0, 0.05) is 0 Å². The van der Waals surface area contributed by atoms with Gasteiger partial charge in [0.15, 0.2) is 0 Å². The van der Waals surface area contributed by atoms with Crippen molar-refractivity contribution >= 4 is 17.2 Å². The van der Waals surface area contributed by atoms with Crippen LogP contribution in [0.5, 0.6) is 0 Å². The van der Waals surface area contributed by atoms with Crippen molar-refractivity contribution in [1.82, 2.24) is 10.3 Å². The lowest BCUT2D eigenvalue weighted by molar-refractivity contribution is 0.0902. The first-order valence-corrected chi connectivity index (χ1v) is 6.91. The standard InChI is InChI=1S/C13H21FN2OS/c1-8(2)6-10-11(18-9(3)15-10)12(17)16-13(4,5)7-14/h8H,6-7H2,1-5H3,(H,16,17). The predicted octanol–water partition coefficient (Wildman–Crippen LogP) is 3.13. The molecule has 0 fully saturated rings. The number of nitrogens with one attached hydrogen (secondary N) is 1. The Morgan fingerprint density at radius 3 is 2.61 bits per heavy atom. The zero-order valence-electron chi connectivity index (χ0n) is 11.6. The van der Waals surface area contributed by atoms with E-state index in [0.29, 0.717) is 10.8 Å². The van der Waals surface area contributed by atoms with E-state index in [-0.39, 0.29) is 5.91 Å². The van der Waals surface area contributed by atoms with Crippen LogP contribution >= 0.6 is 11.3 Å². The fourth-order valence-electron chi connectivity index (χ4n) is 1.57. The summed E-state index contributed by atoms with van der Waals surface area (Å²) in [5.74, 6) is 0.214. The van der Waals surface area contributed by atoms with Crippen LogP contribution in [-0.4, -0.2) is 23.1 Å². The van der Waals surface area contributed by atoms with Crippen LogP contribution in [0.3, 0.4) is 0 Å². The van der Waals surface area contributed by atoms with Gasteiger partial charge in [-0.2, -0.15) is 0 Å². The second-order valence-corrected chi connectivity index (χ2v) is 6.78. The number of nitrogens with zero attached hydrogens (tertiary/aromatic N) is 1. The maximum Gasteiger partial charge on any atom is 0.263 e. The van der Waals surface area contributed by atoms with E-state index >= 15 is 0 Å². The van der Waals surface area contributed by atoms with Crippen molar-refractivity contribution in [2.75, 3.05) is 6.67 Å². The largest absolute Gasteiger partial charge is 0.344 e. The Hall–Kier alpha value is -0.970. The maximum atomic E-state index is 12.7. The molecule has 0 aliphatic rings. The Morgan fingerprint density at radius 1 is 1.50 bits per heavy atom. The van der Waals surface area contributed by atoms with Crippen molar-refractivity contribution in [3.05, 3.63) is 15.6 Å². The number of alkyl halides is 1. The molecule has 0 saturated heterocycles. The van der Waals surface area contributed by atoms with E-state index in [1.807, 2.05) is 6.92 Å². The summed E-state index contributed by atoms with van der Waals surface area (Å²) in [5, 5.41) is 3.57. The number of carbonyl (C=O) groups excluding carboxylic acids is 1. The molecule has 18 heavy (non-hydrogen) atoms. The van der Waals surface area contributed by atoms with Crippen molar-refractivity contribution in [3.8, 4) is 0 Å². The minimum Gasteiger partial charge on any atom is -0.344 e.